The van der Waals surface area contributed by atoms with E-state index in [2.05, 4.69) is 20.4 Å². The number of hydrogen-bond donors (Lipinski definition) is 3. The molecule has 0 aliphatic rings. The van der Waals surface area contributed by atoms with E-state index < -0.39 is 29.9 Å². The first-order valence-electron chi connectivity index (χ1n) is 10.5. The number of aliphatic hydroxyl groups is 1. The lowest BCUT2D eigenvalue weighted by Gasteiger charge is -2.13. The van der Waals surface area contributed by atoms with Crippen molar-refractivity contribution < 1.29 is 32.2 Å². The highest BCUT2D eigenvalue weighted by molar-refractivity contribution is 6.05. The first-order chi connectivity index (χ1) is 17.1. The van der Waals surface area contributed by atoms with Gasteiger partial charge in [-0.25, -0.2) is 19.0 Å². The van der Waals surface area contributed by atoms with Gasteiger partial charge in [0.25, 0.3) is 5.91 Å². The second-order valence-electron chi connectivity index (χ2n) is 7.73. The Morgan fingerprint density at radius 1 is 1.19 bits per heavy atom. The number of nitrogens with two attached hydrogens (primary N) is 1. The number of amides is 1. The van der Waals surface area contributed by atoms with Gasteiger partial charge in [0.2, 0.25) is 0 Å². The maximum Gasteiger partial charge on any atom is 0.393 e. The van der Waals surface area contributed by atoms with Gasteiger partial charge in [-0.1, -0.05) is 12.1 Å². The Balaban J connectivity index is 1.64. The molecular formula is C23H20F4N6O3. The molecular weight excluding hydrogens is 484 g/mol. The van der Waals surface area contributed by atoms with Crippen LogP contribution in [-0.2, 0) is 13.0 Å². The largest absolute Gasteiger partial charge is 0.495 e. The number of alkyl halides is 3. The zero-order valence-electron chi connectivity index (χ0n) is 18.8. The lowest BCUT2D eigenvalue weighted by atomic mass is 10.1. The number of aromatic nitrogens is 4. The number of aliphatic hydroxyl groups excluding tert-OH is 1. The third-order valence-corrected chi connectivity index (χ3v) is 5.28. The molecule has 0 spiro atoms. The van der Waals surface area contributed by atoms with E-state index in [1.807, 2.05) is 0 Å². The molecule has 0 radical (unpaired) electrons. The summed E-state index contributed by atoms with van der Waals surface area (Å²) in [6.07, 6.45) is -4.52. The smallest absolute Gasteiger partial charge is 0.393 e. The lowest BCUT2D eigenvalue weighted by molar-refractivity contribution is -0.127. The third kappa shape index (κ3) is 5.05. The average molecular weight is 504 g/mol. The monoisotopic (exact) mass is 504 g/mol. The topological polar surface area (TPSA) is 128 Å². The van der Waals surface area contributed by atoms with E-state index in [4.69, 9.17) is 10.5 Å². The van der Waals surface area contributed by atoms with E-state index >= 15 is 0 Å². The van der Waals surface area contributed by atoms with Gasteiger partial charge in [0.1, 0.15) is 29.4 Å². The summed E-state index contributed by atoms with van der Waals surface area (Å²) in [5.74, 6) is -1.57. The van der Waals surface area contributed by atoms with Crippen LogP contribution in [0.1, 0.15) is 15.9 Å². The van der Waals surface area contributed by atoms with Crippen LogP contribution < -0.4 is 15.8 Å². The minimum Gasteiger partial charge on any atom is -0.495 e. The molecule has 0 aliphatic heterocycles. The van der Waals surface area contributed by atoms with Gasteiger partial charge in [0.05, 0.1) is 43.3 Å². The highest BCUT2D eigenvalue weighted by Crippen LogP contribution is 2.35. The van der Waals surface area contributed by atoms with Crippen LogP contribution in [0.4, 0.5) is 29.1 Å². The van der Waals surface area contributed by atoms with Gasteiger partial charge in [-0.3, -0.25) is 4.79 Å². The normalized spacial score (nSPS) is 11.6. The van der Waals surface area contributed by atoms with Crippen LogP contribution in [0.5, 0.6) is 5.75 Å². The first kappa shape index (κ1) is 24.9. The zero-order valence-corrected chi connectivity index (χ0v) is 18.8. The van der Waals surface area contributed by atoms with Crippen LogP contribution in [0.3, 0.4) is 0 Å². The third-order valence-electron chi connectivity index (χ3n) is 5.28. The molecule has 1 amide bonds. The van der Waals surface area contributed by atoms with Crippen LogP contribution in [0.15, 0.2) is 42.7 Å². The first-order valence-corrected chi connectivity index (χ1v) is 10.5. The van der Waals surface area contributed by atoms with Crippen molar-refractivity contribution in [1.29, 1.82) is 0 Å². The van der Waals surface area contributed by atoms with Crippen LogP contribution in [0.25, 0.3) is 22.3 Å². The van der Waals surface area contributed by atoms with E-state index in [0.717, 1.165) is 12.1 Å². The molecule has 0 saturated carbocycles. The average Bonchev–Trinajstić information content (AvgIpc) is 3.18. The molecule has 0 aliphatic carbocycles. The van der Waals surface area contributed by atoms with Crippen molar-refractivity contribution in [3.05, 3.63) is 59.7 Å². The van der Waals surface area contributed by atoms with Crippen molar-refractivity contribution in [2.24, 2.45) is 0 Å². The molecule has 4 N–H and O–H groups in total. The fourth-order valence-corrected chi connectivity index (χ4v) is 3.70. The molecule has 9 nitrogen and oxygen atoms in total. The Morgan fingerprint density at radius 3 is 2.64 bits per heavy atom. The molecule has 0 fully saturated rings. The molecule has 4 rings (SSSR count). The van der Waals surface area contributed by atoms with Crippen LogP contribution in [-0.4, -0.2) is 50.7 Å². The number of hydrogen-bond acceptors (Lipinski definition) is 7. The quantitative estimate of drug-likeness (QED) is 0.328. The number of ether oxygens (including phenoxy) is 1. The molecule has 4 aromatic rings. The number of carbonyl (C=O) groups is 1. The molecule has 0 bridgehead atoms. The minimum absolute atomic E-state index is 0.172. The Bertz CT molecular complexity index is 1440. The molecule has 188 valence electrons. The number of halogens is 4. The summed E-state index contributed by atoms with van der Waals surface area (Å²) in [4.78, 5) is 20.8. The number of anilines is 2. The number of carbonyl (C=O) groups excluding carboxylic acids is 1. The summed E-state index contributed by atoms with van der Waals surface area (Å²) >= 11 is 0. The molecule has 0 unspecified atom stereocenters. The van der Waals surface area contributed by atoms with E-state index in [9.17, 15) is 27.5 Å². The van der Waals surface area contributed by atoms with E-state index in [0.29, 0.717) is 28.4 Å². The van der Waals surface area contributed by atoms with Gasteiger partial charge in [-0.2, -0.15) is 18.3 Å². The second kappa shape index (κ2) is 9.77. The molecule has 36 heavy (non-hydrogen) atoms. The minimum atomic E-state index is -4.50. The van der Waals surface area contributed by atoms with Gasteiger partial charge >= 0.3 is 6.18 Å². The number of benzene rings is 2. The van der Waals surface area contributed by atoms with E-state index in [1.54, 1.807) is 12.1 Å². The molecule has 13 heteroatoms. The SMILES string of the molecule is COc1cc(-c2nn(CCO)c3ncnc(N)c23)ccc1NC(=O)c1ccc(CC(F)(F)F)cc1F. The number of nitrogens with one attached hydrogen (secondary N) is 1. The maximum atomic E-state index is 14.4. The number of rotatable bonds is 7. The molecule has 0 atom stereocenters. The Hall–Kier alpha value is -4.26. The summed E-state index contributed by atoms with van der Waals surface area (Å²) in [5, 5.41) is 16.8. The molecule has 2 aromatic carbocycles. The highest BCUT2D eigenvalue weighted by atomic mass is 19.4. The number of nitrogens with zero attached hydrogens (tertiary/aromatic N) is 4. The summed E-state index contributed by atoms with van der Waals surface area (Å²) < 4.78 is 58.9. The van der Waals surface area contributed by atoms with Crippen LogP contribution in [0, 0.1) is 5.82 Å². The van der Waals surface area contributed by atoms with Crippen molar-refractivity contribution in [2.45, 2.75) is 19.1 Å². The van der Waals surface area contributed by atoms with Gasteiger partial charge in [-0.15, -0.1) is 0 Å². The fourth-order valence-electron chi connectivity index (χ4n) is 3.70. The van der Waals surface area contributed by atoms with E-state index in [-0.39, 0.29) is 36.0 Å². The highest BCUT2D eigenvalue weighted by Gasteiger charge is 2.28. The standard InChI is InChI=1S/C23H20F4N6O3/c1-36-17-9-13(19-18-20(28)29-11-30-21(18)33(32-19)6-7-34)3-5-16(17)31-22(35)14-4-2-12(8-15(14)24)10-23(25,26)27/h2-5,8-9,11,34H,6-7,10H2,1H3,(H,31,35)(H2,28,29,30). The maximum absolute atomic E-state index is 14.4. The predicted molar refractivity (Wildman–Crippen MR) is 123 cm³/mol. The summed E-state index contributed by atoms with van der Waals surface area (Å²) in [6, 6.07) is 7.40. The van der Waals surface area contributed by atoms with Gasteiger partial charge in [0.15, 0.2) is 5.65 Å². The van der Waals surface area contributed by atoms with Gasteiger partial charge in [0, 0.05) is 5.56 Å². The van der Waals surface area contributed by atoms with Crippen molar-refractivity contribution >= 4 is 28.4 Å². The lowest BCUT2D eigenvalue weighted by Crippen LogP contribution is -2.16. The van der Waals surface area contributed by atoms with Crippen molar-refractivity contribution in [3.8, 4) is 17.0 Å². The Morgan fingerprint density at radius 2 is 1.97 bits per heavy atom. The number of methoxy groups -OCH3 is 1. The predicted octanol–water partition coefficient (Wildman–Crippen LogP) is 3.57. The van der Waals surface area contributed by atoms with Gasteiger partial charge < -0.3 is 20.9 Å². The van der Waals surface area contributed by atoms with Crippen LogP contribution >= 0.6 is 0 Å². The van der Waals surface area contributed by atoms with Crippen molar-refractivity contribution in [3.63, 3.8) is 0 Å². The molecule has 2 heterocycles. The van der Waals surface area contributed by atoms with Crippen LogP contribution in [0.2, 0.25) is 0 Å². The summed E-state index contributed by atoms with van der Waals surface area (Å²) in [5.41, 5.74) is 6.88. The van der Waals surface area contributed by atoms with Crippen molar-refractivity contribution in [2.75, 3.05) is 24.8 Å². The zero-order chi connectivity index (χ0) is 26.0. The second-order valence-corrected chi connectivity index (χ2v) is 7.73. The van der Waals surface area contributed by atoms with E-state index in [1.165, 1.54) is 24.2 Å². The molecule has 2 aromatic heterocycles. The summed E-state index contributed by atoms with van der Waals surface area (Å²) in [7, 11) is 1.36. The Labute approximate surface area is 201 Å². The number of fused-ring (bicyclic) bond motifs is 1. The number of nitrogen functional groups attached to an aromatic ring is 1. The van der Waals surface area contributed by atoms with Gasteiger partial charge in [-0.05, 0) is 29.8 Å². The van der Waals surface area contributed by atoms with Crippen molar-refractivity contribution in [1.82, 2.24) is 19.7 Å². The summed E-state index contributed by atoms with van der Waals surface area (Å²) in [6.45, 7) is -0.00623. The fraction of sp³-hybridized carbons (Fsp3) is 0.217. The Kier molecular flexibility index (Phi) is 6.75. The molecule has 0 saturated heterocycles.